The van der Waals surface area contributed by atoms with Gasteiger partial charge >= 0.3 is 5.97 Å². The first-order valence-corrected chi connectivity index (χ1v) is 5.34. The molecule has 1 aromatic carbocycles. The number of hydrogen-bond acceptors (Lipinski definition) is 2. The minimum Gasteiger partial charge on any atom is -0.452 e. The van der Waals surface area contributed by atoms with Gasteiger partial charge in [-0.05, 0) is 25.1 Å². The van der Waals surface area contributed by atoms with Gasteiger partial charge in [-0.25, -0.2) is 4.79 Å². The highest BCUT2D eigenvalue weighted by atomic mass is 16.5. The highest BCUT2D eigenvalue weighted by Crippen LogP contribution is 1.94. The van der Waals surface area contributed by atoms with E-state index in [0.29, 0.717) is 0 Å². The summed E-state index contributed by atoms with van der Waals surface area (Å²) in [6.45, 7) is 2.16. The predicted octanol–water partition coefficient (Wildman–Crippen LogP) is 2.71. The maximum Gasteiger partial charge on any atom is 0.385 e. The molecule has 0 bridgehead atoms. The van der Waals surface area contributed by atoms with Crippen molar-refractivity contribution in [2.45, 2.75) is 6.92 Å². The van der Waals surface area contributed by atoms with Gasteiger partial charge < -0.3 is 4.74 Å². The van der Waals surface area contributed by atoms with E-state index in [2.05, 4.69) is 11.8 Å². The van der Waals surface area contributed by atoms with Gasteiger partial charge in [-0.3, -0.25) is 0 Å². The van der Waals surface area contributed by atoms with Crippen LogP contribution in [0.3, 0.4) is 0 Å². The number of carbonyl (C=O) groups is 1. The molecule has 0 amide bonds. The molecule has 0 aliphatic heterocycles. The third-order valence-corrected chi connectivity index (χ3v) is 1.83. The number of rotatable bonds is 3. The lowest BCUT2D eigenvalue weighted by molar-refractivity contribution is -0.135. The molecule has 0 heterocycles. The van der Waals surface area contributed by atoms with Gasteiger partial charge in [0.1, 0.15) is 6.61 Å². The zero-order chi connectivity index (χ0) is 12.3. The normalized spacial score (nSPS) is 10.2. The number of esters is 1. The zero-order valence-electron chi connectivity index (χ0n) is 9.72. The van der Waals surface area contributed by atoms with Crippen LogP contribution in [0.1, 0.15) is 12.5 Å². The van der Waals surface area contributed by atoms with E-state index in [1.165, 1.54) is 0 Å². The monoisotopic (exact) mass is 226 g/mol. The summed E-state index contributed by atoms with van der Waals surface area (Å²) in [5.41, 5.74) is 0.800. The molecule has 0 saturated carbocycles. The average molecular weight is 226 g/mol. The van der Waals surface area contributed by atoms with Gasteiger partial charge in [-0.15, -0.1) is 0 Å². The zero-order valence-corrected chi connectivity index (χ0v) is 9.72. The van der Waals surface area contributed by atoms with E-state index in [9.17, 15) is 4.79 Å². The Kier molecular flexibility index (Phi) is 5.98. The number of ether oxygens (including phenoxy) is 1. The van der Waals surface area contributed by atoms with E-state index in [1.54, 1.807) is 6.08 Å². The summed E-state index contributed by atoms with van der Waals surface area (Å²) in [7, 11) is 0. The number of allylic oxidation sites excluding steroid dienone is 3. The Morgan fingerprint density at radius 2 is 2.06 bits per heavy atom. The van der Waals surface area contributed by atoms with Gasteiger partial charge in [0.15, 0.2) is 0 Å². The molecule has 2 nitrogen and oxygen atoms in total. The SMILES string of the molecule is C/C=C/C=C/COC(=O)C#Cc1ccccc1. The second-order valence-corrected chi connectivity index (χ2v) is 3.17. The molecular weight excluding hydrogens is 212 g/mol. The summed E-state index contributed by atoms with van der Waals surface area (Å²) in [6.07, 6.45) is 7.33. The van der Waals surface area contributed by atoms with E-state index in [1.807, 2.05) is 55.5 Å². The molecule has 0 fully saturated rings. The first kappa shape index (κ1) is 12.8. The predicted molar refractivity (Wildman–Crippen MR) is 68.2 cm³/mol. The van der Waals surface area contributed by atoms with Crippen LogP contribution in [-0.4, -0.2) is 12.6 Å². The molecule has 0 aliphatic carbocycles. The smallest absolute Gasteiger partial charge is 0.385 e. The Labute approximate surface area is 102 Å². The molecular formula is C15H14O2. The van der Waals surface area contributed by atoms with Gasteiger partial charge in [0, 0.05) is 11.5 Å². The van der Waals surface area contributed by atoms with Crippen molar-refractivity contribution in [3.05, 3.63) is 60.2 Å². The van der Waals surface area contributed by atoms with Crippen LogP contribution in [0.5, 0.6) is 0 Å². The first-order chi connectivity index (χ1) is 8.33. The number of benzene rings is 1. The van der Waals surface area contributed by atoms with Gasteiger partial charge in [0.2, 0.25) is 0 Å². The molecule has 2 heteroatoms. The molecule has 17 heavy (non-hydrogen) atoms. The second-order valence-electron chi connectivity index (χ2n) is 3.17. The van der Waals surface area contributed by atoms with Crippen molar-refractivity contribution in [1.29, 1.82) is 0 Å². The van der Waals surface area contributed by atoms with E-state index in [0.717, 1.165) is 5.56 Å². The summed E-state index contributed by atoms with van der Waals surface area (Å²) in [4.78, 5) is 11.2. The summed E-state index contributed by atoms with van der Waals surface area (Å²) in [5, 5.41) is 0. The Balaban J connectivity index is 2.38. The Morgan fingerprint density at radius 3 is 2.76 bits per heavy atom. The van der Waals surface area contributed by atoms with Crippen molar-refractivity contribution < 1.29 is 9.53 Å². The summed E-state index contributed by atoms with van der Waals surface area (Å²) >= 11 is 0. The summed E-state index contributed by atoms with van der Waals surface area (Å²) in [5.74, 6) is 4.65. The Morgan fingerprint density at radius 1 is 1.29 bits per heavy atom. The highest BCUT2D eigenvalue weighted by Gasteiger charge is 1.93. The molecule has 0 aliphatic rings. The fourth-order valence-electron chi connectivity index (χ4n) is 1.05. The average Bonchev–Trinajstić information content (AvgIpc) is 2.37. The lowest BCUT2D eigenvalue weighted by Gasteiger charge is -1.93. The fraction of sp³-hybridized carbons (Fsp3) is 0.133. The van der Waals surface area contributed by atoms with Crippen molar-refractivity contribution in [2.75, 3.05) is 6.61 Å². The van der Waals surface area contributed by atoms with Gasteiger partial charge in [-0.2, -0.15) is 0 Å². The molecule has 1 aromatic rings. The number of hydrogen-bond donors (Lipinski definition) is 0. The molecule has 0 saturated heterocycles. The highest BCUT2D eigenvalue weighted by molar-refractivity contribution is 5.89. The standard InChI is InChI=1S/C15H14O2/c1-2-3-4-8-13-17-15(16)12-11-14-9-6-5-7-10-14/h2-10H,13H2,1H3/b3-2+,8-4+. The minimum absolute atomic E-state index is 0.243. The van der Waals surface area contributed by atoms with E-state index >= 15 is 0 Å². The molecule has 0 N–H and O–H groups in total. The molecule has 0 unspecified atom stereocenters. The molecule has 0 radical (unpaired) electrons. The van der Waals surface area contributed by atoms with Gasteiger partial charge in [0.05, 0.1) is 0 Å². The third kappa shape index (κ3) is 6.01. The molecule has 1 rings (SSSR count). The van der Waals surface area contributed by atoms with Crippen molar-refractivity contribution in [3.63, 3.8) is 0 Å². The van der Waals surface area contributed by atoms with Crippen molar-refractivity contribution in [1.82, 2.24) is 0 Å². The van der Waals surface area contributed by atoms with Crippen LogP contribution in [-0.2, 0) is 9.53 Å². The van der Waals surface area contributed by atoms with Crippen molar-refractivity contribution >= 4 is 5.97 Å². The second kappa shape index (κ2) is 7.95. The largest absolute Gasteiger partial charge is 0.452 e. The topological polar surface area (TPSA) is 26.3 Å². The maximum atomic E-state index is 11.2. The van der Waals surface area contributed by atoms with E-state index in [-0.39, 0.29) is 6.61 Å². The van der Waals surface area contributed by atoms with Crippen LogP contribution in [0.15, 0.2) is 54.6 Å². The minimum atomic E-state index is -0.515. The lowest BCUT2D eigenvalue weighted by atomic mass is 10.2. The van der Waals surface area contributed by atoms with E-state index in [4.69, 9.17) is 4.74 Å². The van der Waals surface area contributed by atoms with E-state index < -0.39 is 5.97 Å². The lowest BCUT2D eigenvalue weighted by Crippen LogP contribution is -2.00. The van der Waals surface area contributed by atoms with Crippen LogP contribution < -0.4 is 0 Å². The van der Waals surface area contributed by atoms with Crippen LogP contribution in [0.4, 0.5) is 0 Å². The summed E-state index contributed by atoms with van der Waals surface area (Å²) in [6, 6.07) is 9.32. The quantitative estimate of drug-likeness (QED) is 0.450. The summed E-state index contributed by atoms with van der Waals surface area (Å²) < 4.78 is 4.88. The van der Waals surface area contributed by atoms with Gasteiger partial charge in [-0.1, -0.05) is 42.3 Å². The Bertz CT molecular complexity index is 459. The van der Waals surface area contributed by atoms with Crippen LogP contribution >= 0.6 is 0 Å². The molecule has 86 valence electrons. The first-order valence-electron chi connectivity index (χ1n) is 5.34. The number of carbonyl (C=O) groups excluding carboxylic acids is 1. The van der Waals surface area contributed by atoms with Crippen LogP contribution in [0, 0.1) is 11.8 Å². The van der Waals surface area contributed by atoms with Crippen molar-refractivity contribution in [2.24, 2.45) is 0 Å². The molecule has 0 atom stereocenters. The van der Waals surface area contributed by atoms with Gasteiger partial charge in [0.25, 0.3) is 0 Å². The van der Waals surface area contributed by atoms with Crippen LogP contribution in [0.2, 0.25) is 0 Å². The Hall–Kier alpha value is -2.27. The van der Waals surface area contributed by atoms with Crippen molar-refractivity contribution in [3.8, 4) is 11.8 Å². The maximum absolute atomic E-state index is 11.2. The third-order valence-electron chi connectivity index (χ3n) is 1.83. The molecule has 0 spiro atoms. The van der Waals surface area contributed by atoms with Crippen LogP contribution in [0.25, 0.3) is 0 Å². The fourth-order valence-corrected chi connectivity index (χ4v) is 1.05. The molecule has 0 aromatic heterocycles.